The van der Waals surface area contributed by atoms with E-state index < -0.39 is 5.97 Å². The Morgan fingerprint density at radius 3 is 2.55 bits per heavy atom. The molecule has 1 aliphatic heterocycles. The van der Waals surface area contributed by atoms with Crippen LogP contribution >= 0.6 is 0 Å². The summed E-state index contributed by atoms with van der Waals surface area (Å²) in [6, 6.07) is 15.7. The summed E-state index contributed by atoms with van der Waals surface area (Å²) in [5, 5.41) is 9.67. The predicted molar refractivity (Wildman–Crippen MR) is 110 cm³/mol. The first kappa shape index (κ1) is 18.9. The monoisotopic (exact) mass is 390 g/mol. The van der Waals surface area contributed by atoms with Crippen molar-refractivity contribution in [2.75, 3.05) is 13.1 Å². The van der Waals surface area contributed by atoms with Crippen LogP contribution < -0.4 is 5.43 Å². The van der Waals surface area contributed by atoms with Crippen LogP contribution in [0.3, 0.4) is 0 Å². The zero-order chi connectivity index (χ0) is 20.4. The van der Waals surface area contributed by atoms with E-state index in [2.05, 4.69) is 0 Å². The SMILES string of the molecule is O=C(O)c1ccc([C@@H]2CCCN(C(=O)Cn3ccc(=O)c4ccccc43)C2)cc1. The molecule has 0 saturated carbocycles. The first-order valence-electron chi connectivity index (χ1n) is 9.72. The fourth-order valence-corrected chi connectivity index (χ4v) is 4.02. The fourth-order valence-electron chi connectivity index (χ4n) is 4.02. The van der Waals surface area contributed by atoms with Gasteiger partial charge in [-0.25, -0.2) is 4.79 Å². The lowest BCUT2D eigenvalue weighted by atomic mass is 9.90. The lowest BCUT2D eigenvalue weighted by Crippen LogP contribution is -2.41. The summed E-state index contributed by atoms with van der Waals surface area (Å²) in [4.78, 5) is 37.9. The van der Waals surface area contributed by atoms with Crippen LogP contribution in [0.15, 0.2) is 65.6 Å². The van der Waals surface area contributed by atoms with E-state index in [1.165, 1.54) is 6.07 Å². The Morgan fingerprint density at radius 2 is 1.79 bits per heavy atom. The number of hydrogen-bond donors (Lipinski definition) is 1. The molecule has 1 amide bonds. The Hall–Kier alpha value is -3.41. The van der Waals surface area contributed by atoms with Crippen molar-refractivity contribution in [3.63, 3.8) is 0 Å². The molecule has 0 unspecified atom stereocenters. The number of carbonyl (C=O) groups excluding carboxylic acids is 1. The van der Waals surface area contributed by atoms with Crippen molar-refractivity contribution in [3.8, 4) is 0 Å². The number of fused-ring (bicyclic) bond motifs is 1. The molecule has 4 rings (SSSR count). The van der Waals surface area contributed by atoms with E-state index in [0.717, 1.165) is 23.9 Å². The van der Waals surface area contributed by atoms with Gasteiger partial charge in [-0.2, -0.15) is 0 Å². The highest BCUT2D eigenvalue weighted by atomic mass is 16.4. The standard InChI is InChI=1S/C23H22N2O4/c26-21-11-13-24(20-6-2-1-5-19(20)21)15-22(27)25-12-3-4-18(14-25)16-7-9-17(10-8-16)23(28)29/h1-2,5-11,13,18H,3-4,12,14-15H2,(H,28,29)/t18-/m1/s1. The molecule has 1 N–H and O–H groups in total. The number of amides is 1. The van der Waals surface area contributed by atoms with E-state index in [9.17, 15) is 14.4 Å². The van der Waals surface area contributed by atoms with Crippen molar-refractivity contribution in [2.24, 2.45) is 0 Å². The molecule has 29 heavy (non-hydrogen) atoms. The Morgan fingerprint density at radius 1 is 1.03 bits per heavy atom. The molecule has 1 fully saturated rings. The number of carboxylic acids is 1. The molecule has 0 radical (unpaired) electrons. The van der Waals surface area contributed by atoms with Crippen LogP contribution in [0.25, 0.3) is 10.9 Å². The molecule has 1 atom stereocenters. The summed E-state index contributed by atoms with van der Waals surface area (Å²) in [5.74, 6) is -0.725. The number of likely N-dealkylation sites (tertiary alicyclic amines) is 1. The van der Waals surface area contributed by atoms with Gasteiger partial charge in [0, 0.05) is 36.7 Å². The molecular formula is C23H22N2O4. The third kappa shape index (κ3) is 3.92. The van der Waals surface area contributed by atoms with Gasteiger partial charge in [-0.1, -0.05) is 24.3 Å². The van der Waals surface area contributed by atoms with Crippen LogP contribution in [-0.2, 0) is 11.3 Å². The molecule has 0 spiro atoms. The number of rotatable bonds is 4. The fraction of sp³-hybridized carbons (Fsp3) is 0.261. The van der Waals surface area contributed by atoms with Gasteiger partial charge >= 0.3 is 5.97 Å². The summed E-state index contributed by atoms with van der Waals surface area (Å²) in [7, 11) is 0. The van der Waals surface area contributed by atoms with Crippen LogP contribution in [0.5, 0.6) is 0 Å². The van der Waals surface area contributed by atoms with Gasteiger partial charge < -0.3 is 14.6 Å². The first-order valence-corrected chi connectivity index (χ1v) is 9.72. The minimum absolute atomic E-state index is 0.0191. The van der Waals surface area contributed by atoms with Crippen LogP contribution in [0, 0.1) is 0 Å². The molecule has 3 aromatic rings. The number of carbonyl (C=O) groups is 2. The molecule has 2 aromatic carbocycles. The second kappa shape index (κ2) is 7.91. The average Bonchev–Trinajstić information content (AvgIpc) is 2.76. The summed E-state index contributed by atoms with van der Waals surface area (Å²) >= 11 is 0. The van der Waals surface area contributed by atoms with E-state index in [1.54, 1.807) is 24.4 Å². The third-order valence-corrected chi connectivity index (χ3v) is 5.59. The van der Waals surface area contributed by atoms with Crippen molar-refractivity contribution in [1.29, 1.82) is 0 Å². The maximum Gasteiger partial charge on any atom is 0.335 e. The molecule has 6 heteroatoms. The first-order chi connectivity index (χ1) is 14.0. The van der Waals surface area contributed by atoms with Crippen LogP contribution in [0.4, 0.5) is 0 Å². The van der Waals surface area contributed by atoms with Crippen molar-refractivity contribution in [3.05, 3.63) is 82.1 Å². The van der Waals surface area contributed by atoms with E-state index >= 15 is 0 Å². The molecule has 148 valence electrons. The average molecular weight is 390 g/mol. The van der Waals surface area contributed by atoms with Crippen LogP contribution in [-0.4, -0.2) is 39.5 Å². The summed E-state index contributed by atoms with van der Waals surface area (Å²) in [6.07, 6.45) is 3.55. The Bertz CT molecular complexity index is 1120. The molecular weight excluding hydrogens is 368 g/mol. The van der Waals surface area contributed by atoms with E-state index in [-0.39, 0.29) is 29.4 Å². The predicted octanol–water partition coefficient (Wildman–Crippen LogP) is 3.11. The number of piperidine rings is 1. The van der Waals surface area contributed by atoms with Crippen LogP contribution in [0.1, 0.15) is 34.7 Å². The number of para-hydroxylation sites is 1. The van der Waals surface area contributed by atoms with Crippen molar-refractivity contribution in [1.82, 2.24) is 9.47 Å². The number of nitrogens with zero attached hydrogens (tertiary/aromatic N) is 2. The molecule has 0 aliphatic carbocycles. The maximum atomic E-state index is 13.0. The summed E-state index contributed by atoms with van der Waals surface area (Å²) in [6.45, 7) is 1.51. The minimum atomic E-state index is -0.939. The number of aromatic carboxylic acids is 1. The molecule has 1 aromatic heterocycles. The third-order valence-electron chi connectivity index (χ3n) is 5.59. The molecule has 0 bridgehead atoms. The van der Waals surface area contributed by atoms with Gasteiger partial charge in [-0.15, -0.1) is 0 Å². The zero-order valence-corrected chi connectivity index (χ0v) is 16.0. The molecule has 6 nitrogen and oxygen atoms in total. The van der Waals surface area contributed by atoms with E-state index in [1.807, 2.05) is 39.8 Å². The van der Waals surface area contributed by atoms with Gasteiger partial charge in [0.15, 0.2) is 5.43 Å². The molecule has 1 aliphatic rings. The van der Waals surface area contributed by atoms with Crippen molar-refractivity contribution < 1.29 is 14.7 Å². The van der Waals surface area contributed by atoms with Crippen molar-refractivity contribution in [2.45, 2.75) is 25.3 Å². The Balaban J connectivity index is 1.50. The number of hydrogen-bond acceptors (Lipinski definition) is 3. The lowest BCUT2D eigenvalue weighted by molar-refractivity contribution is -0.133. The largest absolute Gasteiger partial charge is 0.478 e. The van der Waals surface area contributed by atoms with Crippen molar-refractivity contribution >= 4 is 22.8 Å². The smallest absolute Gasteiger partial charge is 0.335 e. The Labute approximate surface area is 168 Å². The Kier molecular flexibility index (Phi) is 5.16. The quantitative estimate of drug-likeness (QED) is 0.742. The lowest BCUT2D eigenvalue weighted by Gasteiger charge is -2.33. The van der Waals surface area contributed by atoms with Gasteiger partial charge in [-0.05, 0) is 42.7 Å². The van der Waals surface area contributed by atoms with Gasteiger partial charge in [0.1, 0.15) is 6.54 Å². The topological polar surface area (TPSA) is 79.6 Å². The van der Waals surface area contributed by atoms with Crippen LogP contribution in [0.2, 0.25) is 0 Å². The van der Waals surface area contributed by atoms with Gasteiger partial charge in [-0.3, -0.25) is 9.59 Å². The number of aromatic nitrogens is 1. The number of carboxylic acid groups (broad SMARTS) is 1. The highest BCUT2D eigenvalue weighted by molar-refractivity contribution is 5.87. The highest BCUT2D eigenvalue weighted by Crippen LogP contribution is 2.27. The normalized spacial score (nSPS) is 16.7. The summed E-state index contributed by atoms with van der Waals surface area (Å²) in [5.41, 5.74) is 2.03. The maximum absolute atomic E-state index is 13.0. The molecule has 1 saturated heterocycles. The second-order valence-electron chi connectivity index (χ2n) is 7.43. The number of pyridine rings is 1. The van der Waals surface area contributed by atoms with Gasteiger partial charge in [0.05, 0.1) is 11.1 Å². The number of benzene rings is 2. The van der Waals surface area contributed by atoms with E-state index in [0.29, 0.717) is 18.5 Å². The minimum Gasteiger partial charge on any atom is -0.478 e. The second-order valence-corrected chi connectivity index (χ2v) is 7.43. The highest BCUT2D eigenvalue weighted by Gasteiger charge is 2.25. The molecule has 2 heterocycles. The van der Waals surface area contributed by atoms with E-state index in [4.69, 9.17) is 5.11 Å². The van der Waals surface area contributed by atoms with Gasteiger partial charge in [0.2, 0.25) is 5.91 Å². The van der Waals surface area contributed by atoms with Gasteiger partial charge in [0.25, 0.3) is 0 Å². The zero-order valence-electron chi connectivity index (χ0n) is 16.0. The summed E-state index contributed by atoms with van der Waals surface area (Å²) < 4.78 is 1.82.